The fourth-order valence-corrected chi connectivity index (χ4v) is 7.63. The van der Waals surface area contributed by atoms with E-state index in [0.29, 0.717) is 56.9 Å². The van der Waals surface area contributed by atoms with Crippen LogP contribution in [0.1, 0.15) is 89.7 Å². The third kappa shape index (κ3) is 8.82. The maximum absolute atomic E-state index is 14.6. The number of benzene rings is 1. The molecule has 0 aromatic heterocycles. The molecule has 3 N–H and O–H groups in total. The summed E-state index contributed by atoms with van der Waals surface area (Å²) < 4.78 is 0. The molecule has 3 aliphatic rings. The molecular weight excluding hydrogens is 568 g/mol. The van der Waals surface area contributed by atoms with E-state index in [1.807, 2.05) is 19.1 Å². The minimum Gasteiger partial charge on any atom is -0.346 e. The van der Waals surface area contributed by atoms with Crippen LogP contribution < -0.4 is 16.0 Å². The van der Waals surface area contributed by atoms with Gasteiger partial charge in [0.05, 0.1) is 6.04 Å². The summed E-state index contributed by atoms with van der Waals surface area (Å²) in [4.78, 5) is 69.2. The summed E-state index contributed by atoms with van der Waals surface area (Å²) in [6.07, 6.45) is 9.91. The number of carbonyl (C=O) groups is 5. The first-order valence-corrected chi connectivity index (χ1v) is 17.0. The number of amides is 4. The van der Waals surface area contributed by atoms with Gasteiger partial charge >= 0.3 is 0 Å². The fraction of sp³-hybridized carbons (Fsp3) is 0.639. The molecule has 0 spiro atoms. The highest BCUT2D eigenvalue weighted by Gasteiger charge is 2.47. The monoisotopic (exact) mass is 620 g/mol. The van der Waals surface area contributed by atoms with E-state index in [2.05, 4.69) is 48.5 Å². The Morgan fingerprint density at radius 1 is 1.00 bits per heavy atom. The van der Waals surface area contributed by atoms with Gasteiger partial charge in [-0.05, 0) is 79.7 Å². The average molecular weight is 621 g/mol. The second-order valence-corrected chi connectivity index (χ2v) is 13.7. The van der Waals surface area contributed by atoms with Crippen molar-refractivity contribution in [1.82, 2.24) is 20.9 Å². The fourth-order valence-electron chi connectivity index (χ4n) is 7.63. The third-order valence-electron chi connectivity index (χ3n) is 9.78. The second-order valence-electron chi connectivity index (χ2n) is 13.7. The molecule has 1 aliphatic heterocycles. The van der Waals surface area contributed by atoms with Gasteiger partial charge in [0.1, 0.15) is 12.1 Å². The molecule has 2 fully saturated rings. The lowest BCUT2D eigenvalue weighted by molar-refractivity contribution is -0.145. The molecule has 2 aliphatic carbocycles. The Balaban J connectivity index is 1.58. The van der Waals surface area contributed by atoms with Gasteiger partial charge in [0, 0.05) is 19.5 Å². The minimum atomic E-state index is -0.990. The number of nitrogens with one attached hydrogen (secondary N) is 3. The summed E-state index contributed by atoms with van der Waals surface area (Å²) in [6, 6.07) is 5.63. The van der Waals surface area contributed by atoms with Crippen LogP contribution in [0.25, 0.3) is 0 Å². The molecule has 1 saturated carbocycles. The number of fused-ring (bicyclic) bond motifs is 1. The second kappa shape index (κ2) is 16.2. The van der Waals surface area contributed by atoms with Gasteiger partial charge in [-0.1, -0.05) is 70.4 Å². The predicted octanol–water partition coefficient (Wildman–Crippen LogP) is 3.89. The van der Waals surface area contributed by atoms with Crippen molar-refractivity contribution >= 4 is 29.4 Å². The van der Waals surface area contributed by atoms with Crippen LogP contribution in [-0.4, -0.2) is 65.5 Å². The van der Waals surface area contributed by atoms with Gasteiger partial charge in [0.15, 0.2) is 0 Å². The molecule has 9 heteroatoms. The van der Waals surface area contributed by atoms with Crippen LogP contribution in [0.2, 0.25) is 0 Å². The summed E-state index contributed by atoms with van der Waals surface area (Å²) in [5.41, 5.74) is 2.38. The molecule has 1 heterocycles. The Bertz CT molecular complexity index is 1210. The molecule has 9 nitrogen and oxygen atoms in total. The lowest BCUT2D eigenvalue weighted by atomic mass is 9.89. The largest absolute Gasteiger partial charge is 0.346 e. The highest BCUT2D eigenvalue weighted by molar-refractivity contribution is 6.38. The predicted molar refractivity (Wildman–Crippen MR) is 174 cm³/mol. The summed E-state index contributed by atoms with van der Waals surface area (Å²) in [7, 11) is 0. The van der Waals surface area contributed by atoms with Gasteiger partial charge in [-0.2, -0.15) is 0 Å². The van der Waals surface area contributed by atoms with E-state index < -0.39 is 35.7 Å². The number of hydrogen-bond acceptors (Lipinski definition) is 5. The number of ketones is 1. The van der Waals surface area contributed by atoms with E-state index in [-0.39, 0.29) is 30.2 Å². The van der Waals surface area contributed by atoms with E-state index in [1.54, 1.807) is 4.90 Å². The Hall–Kier alpha value is -3.49. The smallest absolute Gasteiger partial charge is 0.289 e. The molecule has 4 amide bonds. The molecule has 1 saturated heterocycles. The molecule has 45 heavy (non-hydrogen) atoms. The summed E-state index contributed by atoms with van der Waals surface area (Å²) >= 11 is 0. The van der Waals surface area contributed by atoms with Gasteiger partial charge in [-0.25, -0.2) is 0 Å². The number of Topliss-reactive ketones (excluding diaryl/α,β-unsaturated/α-hetero) is 1. The number of carbonyl (C=O) groups excluding carboxylic acids is 5. The van der Waals surface area contributed by atoms with Gasteiger partial charge < -0.3 is 20.9 Å². The first-order chi connectivity index (χ1) is 21.6. The van der Waals surface area contributed by atoms with Crippen LogP contribution in [0.15, 0.2) is 36.9 Å². The van der Waals surface area contributed by atoms with Crippen molar-refractivity contribution in [3.05, 3.63) is 48.0 Å². The Morgan fingerprint density at radius 3 is 2.27 bits per heavy atom. The average Bonchev–Trinajstić information content (AvgIpc) is 3.77. The number of likely N-dealkylation sites (tertiary alicyclic amines) is 1. The zero-order valence-corrected chi connectivity index (χ0v) is 27.3. The van der Waals surface area contributed by atoms with Crippen molar-refractivity contribution in [3.8, 4) is 0 Å². The Morgan fingerprint density at radius 2 is 1.67 bits per heavy atom. The van der Waals surface area contributed by atoms with Gasteiger partial charge in [0.2, 0.25) is 23.5 Å². The molecule has 4 rings (SSSR count). The van der Waals surface area contributed by atoms with E-state index in [1.165, 1.54) is 17.2 Å². The normalized spacial score (nSPS) is 21.3. The van der Waals surface area contributed by atoms with Crippen LogP contribution >= 0.6 is 0 Å². The highest BCUT2D eigenvalue weighted by Crippen LogP contribution is 2.35. The molecule has 4 atom stereocenters. The van der Waals surface area contributed by atoms with E-state index in [9.17, 15) is 24.0 Å². The molecule has 246 valence electrons. The van der Waals surface area contributed by atoms with Crippen LogP contribution in [-0.2, 0) is 36.8 Å². The first kappa shape index (κ1) is 34.4. The van der Waals surface area contributed by atoms with E-state index in [0.717, 1.165) is 32.1 Å². The van der Waals surface area contributed by atoms with Crippen molar-refractivity contribution in [3.63, 3.8) is 0 Å². The van der Waals surface area contributed by atoms with E-state index >= 15 is 0 Å². The maximum atomic E-state index is 14.6. The summed E-state index contributed by atoms with van der Waals surface area (Å²) in [5, 5.41) is 8.52. The van der Waals surface area contributed by atoms with Crippen molar-refractivity contribution in [1.29, 1.82) is 0 Å². The topological polar surface area (TPSA) is 125 Å². The van der Waals surface area contributed by atoms with Gasteiger partial charge in [-0.3, -0.25) is 24.0 Å². The molecule has 1 aromatic carbocycles. The molecule has 0 radical (unpaired) electrons. The maximum Gasteiger partial charge on any atom is 0.289 e. The number of nitrogens with zero attached hydrogens (tertiary/aromatic N) is 1. The SMILES string of the molecule is C=CCNC(=O)C(=O)C(CCC)NC(=O)[C@@H]1[C@@H](CC(C)C)CCN1C(=O)[C@@H](NC(=O)CC1CCCC1)C1Cc2ccccc2C1. The van der Waals surface area contributed by atoms with Crippen molar-refractivity contribution in [2.24, 2.45) is 23.7 Å². The molecule has 1 unspecified atom stereocenters. The number of rotatable bonds is 15. The van der Waals surface area contributed by atoms with Crippen molar-refractivity contribution in [2.45, 2.75) is 110 Å². The Labute approximate surface area is 268 Å². The zero-order valence-electron chi connectivity index (χ0n) is 27.3. The lowest BCUT2D eigenvalue weighted by Crippen LogP contribution is -2.59. The van der Waals surface area contributed by atoms with Crippen LogP contribution in [0.3, 0.4) is 0 Å². The highest BCUT2D eigenvalue weighted by atomic mass is 16.2. The molecule has 0 bridgehead atoms. The minimum absolute atomic E-state index is 0.100. The van der Waals surface area contributed by atoms with Crippen molar-refractivity contribution in [2.75, 3.05) is 13.1 Å². The van der Waals surface area contributed by atoms with Crippen LogP contribution in [0, 0.1) is 23.7 Å². The van der Waals surface area contributed by atoms with E-state index in [4.69, 9.17) is 0 Å². The Kier molecular flexibility index (Phi) is 12.4. The van der Waals surface area contributed by atoms with Gasteiger partial charge in [0.25, 0.3) is 5.91 Å². The standard InChI is InChI=1S/C36H52N4O5/c1-5-11-29(33(42)35(44)37-17-6-2)38-34(43)32-27(19-23(3)4)16-18-40(32)36(45)31(39-30(41)20-24-12-7-8-13-24)28-21-25-14-9-10-15-26(25)22-28/h6,9-10,14-15,23-24,27-29,31-32H,2,5,7-8,11-13,16-22H2,1,3-4H3,(H,37,44)(H,38,43)(H,39,41)/t27-,29?,31+,32+/m1/s1. The quantitative estimate of drug-likeness (QED) is 0.203. The van der Waals surface area contributed by atoms with Crippen LogP contribution in [0.4, 0.5) is 0 Å². The van der Waals surface area contributed by atoms with Gasteiger partial charge in [-0.15, -0.1) is 6.58 Å². The zero-order chi connectivity index (χ0) is 32.5. The first-order valence-electron chi connectivity index (χ1n) is 17.0. The third-order valence-corrected chi connectivity index (χ3v) is 9.78. The number of hydrogen-bond donors (Lipinski definition) is 3. The van der Waals surface area contributed by atoms with Crippen molar-refractivity contribution < 1.29 is 24.0 Å². The molecular formula is C36H52N4O5. The summed E-state index contributed by atoms with van der Waals surface area (Å²) in [6.45, 7) is 10.2. The molecule has 1 aromatic rings. The lowest BCUT2D eigenvalue weighted by Gasteiger charge is -2.34. The summed E-state index contributed by atoms with van der Waals surface area (Å²) in [5.74, 6) is -1.80. The van der Waals surface area contributed by atoms with Crippen LogP contribution in [0.5, 0.6) is 0 Å².